The van der Waals surface area contributed by atoms with E-state index >= 15 is 0 Å². The van der Waals surface area contributed by atoms with Gasteiger partial charge in [-0.2, -0.15) is 0 Å². The topological polar surface area (TPSA) is 37.3 Å². The fourth-order valence-corrected chi connectivity index (χ4v) is 1.20. The zero-order valence-corrected chi connectivity index (χ0v) is 12.4. The predicted molar refractivity (Wildman–Crippen MR) is 51.8 cm³/mol. The van der Waals surface area contributed by atoms with Crippen molar-refractivity contribution >= 4 is 17.6 Å². The average Bonchev–Trinajstić information content (AvgIpc) is 2.03. The Hall–Kier alpha value is 1.40. The second-order valence-electron chi connectivity index (χ2n) is 3.01. The van der Waals surface area contributed by atoms with Crippen molar-refractivity contribution < 1.29 is 62.7 Å². The number of aliphatic carboxylic acids is 1. The van der Waals surface area contributed by atoms with E-state index < -0.39 is 11.3 Å². The zero-order valence-electron chi connectivity index (χ0n) is 9.55. The van der Waals surface area contributed by atoms with E-state index in [0.717, 1.165) is 12.8 Å². The first-order valence-corrected chi connectivity index (χ1v) is 4.99. The smallest absolute Gasteiger partial charge is 1.00 e. The summed E-state index contributed by atoms with van der Waals surface area (Å²) >= 11 is 5.53. The van der Waals surface area contributed by atoms with Crippen LogP contribution in [0.2, 0.25) is 0 Å². The number of rotatable bonds is 7. The van der Waals surface area contributed by atoms with Crippen molar-refractivity contribution in [3.05, 3.63) is 0 Å². The van der Waals surface area contributed by atoms with Crippen LogP contribution in [0.15, 0.2) is 0 Å². The van der Waals surface area contributed by atoms with Crippen LogP contribution >= 0.6 is 11.6 Å². The van der Waals surface area contributed by atoms with E-state index in [4.69, 9.17) is 16.7 Å². The maximum absolute atomic E-state index is 10.3. The molecule has 0 heterocycles. The van der Waals surface area contributed by atoms with Crippen LogP contribution < -0.4 is 51.4 Å². The van der Waals surface area contributed by atoms with Crippen molar-refractivity contribution in [1.29, 1.82) is 0 Å². The molecule has 0 aromatic carbocycles. The summed E-state index contributed by atoms with van der Waals surface area (Å²) in [5.41, 5.74) is 0. The molecule has 0 aliphatic carbocycles. The molecular weight excluding hydrogens is 215 g/mol. The number of halogens is 1. The number of hydrogen-bond donors (Lipinski definition) is 1. The van der Waals surface area contributed by atoms with Crippen molar-refractivity contribution in [3.63, 3.8) is 0 Å². The molecule has 1 atom stereocenters. The zero-order chi connectivity index (χ0) is 9.40. The number of carbonyl (C=O) groups is 1. The summed E-state index contributed by atoms with van der Waals surface area (Å²) in [5.74, 6) is -0.896. The Labute approximate surface area is 129 Å². The Bertz CT molecular complexity index is 136. The summed E-state index contributed by atoms with van der Waals surface area (Å²) in [7, 11) is 0. The number of alkyl halides is 1. The molecule has 4 heteroatoms. The van der Waals surface area contributed by atoms with Crippen LogP contribution in [0.3, 0.4) is 0 Å². The first-order chi connectivity index (χ1) is 5.68. The van der Waals surface area contributed by atoms with Crippen molar-refractivity contribution in [2.24, 2.45) is 0 Å². The van der Waals surface area contributed by atoms with Crippen LogP contribution in [-0.4, -0.2) is 16.5 Å². The van der Waals surface area contributed by atoms with E-state index in [9.17, 15) is 4.79 Å². The van der Waals surface area contributed by atoms with Crippen LogP contribution in [0.25, 0.3) is 0 Å². The molecule has 0 fully saturated rings. The quantitative estimate of drug-likeness (QED) is 0.386. The number of unbranched alkanes of at least 4 members (excludes halogenated alkanes) is 4. The first-order valence-electron chi connectivity index (χ1n) is 4.55. The molecule has 0 aliphatic rings. The fourth-order valence-electron chi connectivity index (χ4n) is 1.05. The number of hydrogen-bond acceptors (Lipinski definition) is 1. The summed E-state index contributed by atoms with van der Waals surface area (Å²) in [5, 5.41) is 7.76. The van der Waals surface area contributed by atoms with Gasteiger partial charge >= 0.3 is 57.4 Å². The van der Waals surface area contributed by atoms with Gasteiger partial charge in [0.25, 0.3) is 0 Å². The summed E-state index contributed by atoms with van der Waals surface area (Å²) < 4.78 is 0. The average molecular weight is 233 g/mol. The summed E-state index contributed by atoms with van der Waals surface area (Å²) in [6, 6.07) is 0. The minimum Gasteiger partial charge on any atom is -1.00 e. The van der Waals surface area contributed by atoms with Crippen LogP contribution in [-0.2, 0) is 4.79 Å². The number of carboxylic acid groups (broad SMARTS) is 1. The van der Waals surface area contributed by atoms with Crippen LogP contribution in [0, 0.1) is 0 Å². The van der Waals surface area contributed by atoms with Gasteiger partial charge in [-0.15, -0.1) is 11.6 Å². The molecule has 0 spiro atoms. The Kier molecular flexibility index (Phi) is 14.8. The normalized spacial score (nSPS) is 11.8. The first kappa shape index (κ1) is 16.8. The molecule has 2 nitrogen and oxygen atoms in total. The van der Waals surface area contributed by atoms with Gasteiger partial charge in [-0.25, -0.2) is 0 Å². The minimum absolute atomic E-state index is 0. The van der Waals surface area contributed by atoms with E-state index in [1.165, 1.54) is 19.3 Å². The molecular formula is C9H18ClKO2. The van der Waals surface area contributed by atoms with Gasteiger partial charge in [0.1, 0.15) is 5.38 Å². The van der Waals surface area contributed by atoms with Crippen molar-refractivity contribution in [3.8, 4) is 0 Å². The summed E-state index contributed by atoms with van der Waals surface area (Å²) in [6.45, 7) is 2.15. The van der Waals surface area contributed by atoms with Crippen LogP contribution in [0.4, 0.5) is 0 Å². The van der Waals surface area contributed by atoms with Crippen molar-refractivity contribution in [2.45, 2.75) is 50.8 Å². The van der Waals surface area contributed by atoms with Gasteiger partial charge in [0.2, 0.25) is 0 Å². The molecule has 0 radical (unpaired) electrons. The Morgan fingerprint density at radius 1 is 1.38 bits per heavy atom. The predicted octanol–water partition coefficient (Wildman–Crippen LogP) is 0.155. The molecule has 0 saturated carbocycles. The van der Waals surface area contributed by atoms with Crippen molar-refractivity contribution in [1.82, 2.24) is 0 Å². The standard InChI is InChI=1S/C9H17ClO2.K.H/c1-2-3-4-5-6-7-8(10)9(11)12;;/h8H,2-7H2,1H3,(H,11,12);;/q;+1;-1. The molecule has 0 aromatic heterocycles. The second-order valence-corrected chi connectivity index (χ2v) is 3.54. The Balaban J connectivity index is -0.000000605. The Morgan fingerprint density at radius 2 is 1.92 bits per heavy atom. The maximum Gasteiger partial charge on any atom is 1.00 e. The molecule has 0 saturated heterocycles. The van der Waals surface area contributed by atoms with E-state index in [-0.39, 0.29) is 52.8 Å². The summed E-state index contributed by atoms with van der Waals surface area (Å²) in [4.78, 5) is 10.3. The van der Waals surface area contributed by atoms with Gasteiger partial charge in [0.05, 0.1) is 0 Å². The molecule has 1 unspecified atom stereocenters. The monoisotopic (exact) mass is 232 g/mol. The van der Waals surface area contributed by atoms with Gasteiger partial charge in [-0.05, 0) is 6.42 Å². The van der Waals surface area contributed by atoms with Gasteiger partial charge < -0.3 is 6.53 Å². The third-order valence-electron chi connectivity index (χ3n) is 1.83. The molecule has 74 valence electrons. The van der Waals surface area contributed by atoms with Gasteiger partial charge in [0, 0.05) is 0 Å². The van der Waals surface area contributed by atoms with E-state index in [0.29, 0.717) is 6.42 Å². The van der Waals surface area contributed by atoms with Crippen LogP contribution in [0.1, 0.15) is 46.9 Å². The Morgan fingerprint density at radius 3 is 2.38 bits per heavy atom. The largest absolute Gasteiger partial charge is 1.00 e. The van der Waals surface area contributed by atoms with E-state index in [1.807, 2.05) is 0 Å². The van der Waals surface area contributed by atoms with E-state index in [2.05, 4.69) is 6.92 Å². The van der Waals surface area contributed by atoms with Gasteiger partial charge in [0.15, 0.2) is 0 Å². The van der Waals surface area contributed by atoms with Crippen LogP contribution in [0.5, 0.6) is 0 Å². The van der Waals surface area contributed by atoms with E-state index in [1.54, 1.807) is 0 Å². The maximum atomic E-state index is 10.3. The number of carboxylic acids is 1. The SMILES string of the molecule is CCCCCCCC(Cl)C(=O)O.[H-].[K+]. The molecule has 0 aromatic rings. The van der Waals surface area contributed by atoms with Gasteiger partial charge in [-0.3, -0.25) is 4.79 Å². The minimum atomic E-state index is -0.896. The molecule has 0 bridgehead atoms. The molecule has 0 aliphatic heterocycles. The second kappa shape index (κ2) is 11.5. The fraction of sp³-hybridized carbons (Fsp3) is 0.889. The molecule has 0 amide bonds. The molecule has 13 heavy (non-hydrogen) atoms. The third-order valence-corrected chi connectivity index (χ3v) is 2.23. The van der Waals surface area contributed by atoms with Crippen molar-refractivity contribution in [2.75, 3.05) is 0 Å². The van der Waals surface area contributed by atoms with Gasteiger partial charge in [-0.1, -0.05) is 39.0 Å². The third kappa shape index (κ3) is 11.3. The summed E-state index contributed by atoms with van der Waals surface area (Å²) in [6.07, 6.45) is 6.27. The molecule has 1 N–H and O–H groups in total. The molecule has 0 rings (SSSR count).